The fraction of sp³-hybridized carbons (Fsp3) is 0.368. The largest absolute Gasteiger partial charge is 0.495 e. The van der Waals surface area contributed by atoms with Gasteiger partial charge in [0.25, 0.3) is 0 Å². The summed E-state index contributed by atoms with van der Waals surface area (Å²) in [7, 11) is 1.58. The number of aromatic nitrogens is 4. The van der Waals surface area contributed by atoms with Crippen molar-refractivity contribution >= 4 is 23.1 Å². The molecule has 0 fully saturated rings. The van der Waals surface area contributed by atoms with Crippen LogP contribution in [-0.4, -0.2) is 38.9 Å². The van der Waals surface area contributed by atoms with Crippen molar-refractivity contribution in [1.29, 1.82) is 0 Å². The first kappa shape index (κ1) is 18.4. The third-order valence-electron chi connectivity index (χ3n) is 4.78. The lowest BCUT2D eigenvalue weighted by atomic mass is 10.1. The summed E-state index contributed by atoms with van der Waals surface area (Å²) in [5, 5.41) is 17.6. The molecule has 2 N–H and O–H groups in total. The smallest absolute Gasteiger partial charge is 0.319 e. The summed E-state index contributed by atoms with van der Waals surface area (Å²) in [6.45, 7) is 2.72. The maximum Gasteiger partial charge on any atom is 0.319 e. The second-order valence-corrected chi connectivity index (χ2v) is 7.73. The number of methoxy groups -OCH3 is 1. The van der Waals surface area contributed by atoms with Gasteiger partial charge in [0.15, 0.2) is 5.82 Å². The number of anilines is 1. The van der Waals surface area contributed by atoms with Gasteiger partial charge in [0.05, 0.1) is 17.8 Å². The Labute approximate surface area is 167 Å². The van der Waals surface area contributed by atoms with E-state index in [0.717, 1.165) is 48.2 Å². The number of aryl methyl sites for hydroxylation is 2. The van der Waals surface area contributed by atoms with Crippen molar-refractivity contribution in [3.05, 3.63) is 40.5 Å². The molecule has 2 amide bonds. The van der Waals surface area contributed by atoms with Crippen molar-refractivity contribution < 1.29 is 9.53 Å². The molecule has 1 aromatic carbocycles. The van der Waals surface area contributed by atoms with Gasteiger partial charge in [-0.25, -0.2) is 9.78 Å². The van der Waals surface area contributed by atoms with Gasteiger partial charge in [0.2, 0.25) is 0 Å². The SMILES string of the molecule is COc1ccccc1NC(=O)NC1CCc2nnc(-c3csc(C)n3)n2CC1. The molecule has 9 heteroatoms. The van der Waals surface area contributed by atoms with Crippen LogP contribution in [0.2, 0.25) is 0 Å². The highest BCUT2D eigenvalue weighted by Crippen LogP contribution is 2.25. The Morgan fingerprint density at radius 2 is 2.14 bits per heavy atom. The topological polar surface area (TPSA) is 94.0 Å². The van der Waals surface area contributed by atoms with E-state index in [1.165, 1.54) is 0 Å². The summed E-state index contributed by atoms with van der Waals surface area (Å²) in [6, 6.07) is 7.18. The minimum atomic E-state index is -0.234. The molecule has 0 bridgehead atoms. The van der Waals surface area contributed by atoms with Crippen LogP contribution in [0.1, 0.15) is 23.7 Å². The number of benzene rings is 1. The van der Waals surface area contributed by atoms with Crippen molar-refractivity contribution in [2.24, 2.45) is 0 Å². The number of para-hydroxylation sites is 2. The quantitative estimate of drug-likeness (QED) is 0.704. The second kappa shape index (κ2) is 7.97. The lowest BCUT2D eigenvalue weighted by molar-refractivity contribution is 0.246. The van der Waals surface area contributed by atoms with Crippen LogP contribution in [0.25, 0.3) is 11.5 Å². The maximum atomic E-state index is 12.4. The molecule has 0 saturated carbocycles. The lowest BCUT2D eigenvalue weighted by Gasteiger charge is -2.17. The van der Waals surface area contributed by atoms with E-state index in [9.17, 15) is 4.79 Å². The Bertz CT molecular complexity index is 982. The zero-order chi connectivity index (χ0) is 19.5. The van der Waals surface area contributed by atoms with E-state index in [-0.39, 0.29) is 12.1 Å². The molecule has 28 heavy (non-hydrogen) atoms. The molecule has 1 aliphatic heterocycles. The second-order valence-electron chi connectivity index (χ2n) is 6.67. The minimum absolute atomic E-state index is 0.0569. The lowest BCUT2D eigenvalue weighted by Crippen LogP contribution is -2.38. The van der Waals surface area contributed by atoms with Crippen LogP contribution in [0.4, 0.5) is 10.5 Å². The molecule has 146 valence electrons. The summed E-state index contributed by atoms with van der Waals surface area (Å²) in [5.41, 5.74) is 1.51. The van der Waals surface area contributed by atoms with Gasteiger partial charge < -0.3 is 19.9 Å². The molecule has 1 atom stereocenters. The summed E-state index contributed by atoms with van der Waals surface area (Å²) in [4.78, 5) is 17.0. The third-order valence-corrected chi connectivity index (χ3v) is 5.56. The van der Waals surface area contributed by atoms with Gasteiger partial charge in [-0.05, 0) is 31.9 Å². The first-order valence-electron chi connectivity index (χ1n) is 9.19. The first-order chi connectivity index (χ1) is 13.6. The Balaban J connectivity index is 1.40. The van der Waals surface area contributed by atoms with Crippen LogP contribution in [0.5, 0.6) is 5.75 Å². The number of carbonyl (C=O) groups excluding carboxylic acids is 1. The third kappa shape index (κ3) is 3.84. The van der Waals surface area contributed by atoms with E-state index in [1.807, 2.05) is 36.6 Å². The highest BCUT2D eigenvalue weighted by atomic mass is 32.1. The standard InChI is InChI=1S/C19H22N6O2S/c1-12-20-15(11-28-12)18-24-23-17-8-7-13(9-10-25(17)18)21-19(26)22-14-5-3-4-6-16(14)27-2/h3-6,11,13H,7-10H2,1-2H3,(H2,21,22,26). The number of urea groups is 1. The van der Waals surface area contributed by atoms with Crippen LogP contribution in [0, 0.1) is 6.92 Å². The van der Waals surface area contributed by atoms with Gasteiger partial charge in [0.1, 0.15) is 17.3 Å². The van der Waals surface area contributed by atoms with E-state index >= 15 is 0 Å². The molecule has 0 aliphatic carbocycles. The molecule has 3 aromatic rings. The van der Waals surface area contributed by atoms with Crippen LogP contribution in [0.15, 0.2) is 29.6 Å². The van der Waals surface area contributed by atoms with Crippen molar-refractivity contribution in [2.45, 2.75) is 38.8 Å². The molecule has 1 aliphatic rings. The summed E-state index contributed by atoms with van der Waals surface area (Å²) in [6.07, 6.45) is 2.38. The van der Waals surface area contributed by atoms with Gasteiger partial charge in [-0.1, -0.05) is 12.1 Å². The van der Waals surface area contributed by atoms with E-state index in [0.29, 0.717) is 11.4 Å². The predicted molar refractivity (Wildman–Crippen MR) is 108 cm³/mol. The van der Waals surface area contributed by atoms with Gasteiger partial charge in [-0.3, -0.25) is 0 Å². The molecule has 0 radical (unpaired) electrons. The van der Waals surface area contributed by atoms with Crippen LogP contribution >= 0.6 is 11.3 Å². The molecule has 0 saturated heterocycles. The van der Waals surface area contributed by atoms with Crippen LogP contribution < -0.4 is 15.4 Å². The van der Waals surface area contributed by atoms with Crippen molar-refractivity contribution in [1.82, 2.24) is 25.1 Å². The maximum absolute atomic E-state index is 12.4. The fourth-order valence-corrected chi connectivity index (χ4v) is 3.97. The fourth-order valence-electron chi connectivity index (χ4n) is 3.38. The number of amides is 2. The molecular formula is C19H22N6O2S. The summed E-state index contributed by atoms with van der Waals surface area (Å²) in [5.74, 6) is 2.38. The minimum Gasteiger partial charge on any atom is -0.495 e. The molecule has 4 rings (SSSR count). The Morgan fingerprint density at radius 3 is 2.93 bits per heavy atom. The van der Waals surface area contributed by atoms with Crippen molar-refractivity contribution in [3.63, 3.8) is 0 Å². The van der Waals surface area contributed by atoms with E-state index in [2.05, 4.69) is 30.4 Å². The summed E-state index contributed by atoms with van der Waals surface area (Å²) < 4.78 is 7.40. The van der Waals surface area contributed by atoms with Crippen LogP contribution in [0.3, 0.4) is 0 Å². The highest BCUT2D eigenvalue weighted by molar-refractivity contribution is 7.09. The van der Waals surface area contributed by atoms with Crippen molar-refractivity contribution in [2.75, 3.05) is 12.4 Å². The molecule has 2 aromatic heterocycles. The molecule has 0 spiro atoms. The van der Waals surface area contributed by atoms with Gasteiger partial charge in [-0.2, -0.15) is 0 Å². The number of nitrogens with zero attached hydrogens (tertiary/aromatic N) is 4. The highest BCUT2D eigenvalue weighted by Gasteiger charge is 2.23. The number of nitrogens with one attached hydrogen (secondary N) is 2. The molecular weight excluding hydrogens is 376 g/mol. The van der Waals surface area contributed by atoms with Crippen molar-refractivity contribution in [3.8, 4) is 17.3 Å². The Hall–Kier alpha value is -2.94. The van der Waals surface area contributed by atoms with E-state index < -0.39 is 0 Å². The van der Waals surface area contributed by atoms with E-state index in [1.54, 1.807) is 18.4 Å². The zero-order valence-electron chi connectivity index (χ0n) is 15.8. The van der Waals surface area contributed by atoms with Crippen LogP contribution in [-0.2, 0) is 13.0 Å². The average molecular weight is 398 g/mol. The number of rotatable bonds is 4. The Kier molecular flexibility index (Phi) is 5.25. The number of ether oxygens (including phenoxy) is 1. The Morgan fingerprint density at radius 1 is 1.29 bits per heavy atom. The number of hydrogen-bond acceptors (Lipinski definition) is 6. The predicted octanol–water partition coefficient (Wildman–Crippen LogP) is 3.25. The first-order valence-corrected chi connectivity index (χ1v) is 10.1. The van der Waals surface area contributed by atoms with Gasteiger partial charge >= 0.3 is 6.03 Å². The number of hydrogen-bond donors (Lipinski definition) is 2. The zero-order valence-corrected chi connectivity index (χ0v) is 16.6. The van der Waals surface area contributed by atoms with Gasteiger partial charge in [0, 0.05) is 24.4 Å². The monoisotopic (exact) mass is 398 g/mol. The van der Waals surface area contributed by atoms with E-state index in [4.69, 9.17) is 4.74 Å². The number of carbonyl (C=O) groups is 1. The average Bonchev–Trinajstić information content (AvgIpc) is 3.25. The van der Waals surface area contributed by atoms with Gasteiger partial charge in [-0.15, -0.1) is 21.5 Å². The molecule has 8 nitrogen and oxygen atoms in total. The number of fused-ring (bicyclic) bond motifs is 1. The molecule has 1 unspecified atom stereocenters. The number of thiazole rings is 1. The summed E-state index contributed by atoms with van der Waals surface area (Å²) >= 11 is 1.60. The molecule has 3 heterocycles. The normalized spacial score (nSPS) is 16.1.